The third kappa shape index (κ3) is 3.65. The third-order valence-electron chi connectivity index (χ3n) is 4.05. The van der Waals surface area contributed by atoms with E-state index in [1.165, 1.54) is 5.56 Å². The number of aromatic hydroxyl groups is 1. The summed E-state index contributed by atoms with van der Waals surface area (Å²) in [6.07, 6.45) is 1.87. The molecule has 3 N–H and O–H groups in total. The van der Waals surface area contributed by atoms with Gasteiger partial charge < -0.3 is 10.4 Å². The maximum atomic E-state index is 11.5. The lowest BCUT2D eigenvalue weighted by molar-refractivity contribution is 0.476. The van der Waals surface area contributed by atoms with Gasteiger partial charge in [0.25, 0.3) is 0 Å². The highest BCUT2D eigenvalue weighted by molar-refractivity contribution is 7.92. The van der Waals surface area contributed by atoms with Crippen molar-refractivity contribution in [1.82, 2.24) is 5.32 Å². The second kappa shape index (κ2) is 6.22. The summed E-state index contributed by atoms with van der Waals surface area (Å²) in [6, 6.07) is 13.5. The molecule has 5 nitrogen and oxygen atoms in total. The summed E-state index contributed by atoms with van der Waals surface area (Å²) < 4.78 is 25.4. The highest BCUT2D eigenvalue weighted by Crippen LogP contribution is 2.36. The number of phenols is 1. The SMILES string of the molecule is CS(=O)(=O)Nc1cc2c(cc1O)CCNCC2c1ccccc1. The molecule has 2 aromatic carbocycles. The van der Waals surface area contributed by atoms with Crippen molar-refractivity contribution in [3.8, 4) is 5.75 Å². The van der Waals surface area contributed by atoms with Crippen molar-refractivity contribution in [2.24, 2.45) is 0 Å². The van der Waals surface area contributed by atoms with E-state index in [4.69, 9.17) is 0 Å². The van der Waals surface area contributed by atoms with Gasteiger partial charge in [0.1, 0.15) is 5.75 Å². The van der Waals surface area contributed by atoms with E-state index in [0.29, 0.717) is 0 Å². The maximum absolute atomic E-state index is 11.5. The molecule has 1 heterocycles. The van der Waals surface area contributed by atoms with Crippen LogP contribution in [0.15, 0.2) is 42.5 Å². The highest BCUT2D eigenvalue weighted by Gasteiger charge is 2.22. The standard InChI is InChI=1S/C17H20N2O3S/c1-23(21,22)19-16-10-14-13(9-17(16)20)7-8-18-11-15(14)12-5-3-2-4-6-12/h2-6,9-10,15,18-20H,7-8,11H2,1H3. The number of fused-ring (bicyclic) bond motifs is 1. The number of hydrogen-bond acceptors (Lipinski definition) is 4. The Balaban J connectivity index is 2.10. The lowest BCUT2D eigenvalue weighted by atomic mass is 9.87. The fourth-order valence-corrected chi connectivity index (χ4v) is 3.60. The quantitative estimate of drug-likeness (QED) is 0.752. The number of benzene rings is 2. The van der Waals surface area contributed by atoms with Crippen LogP contribution < -0.4 is 10.0 Å². The minimum absolute atomic E-state index is 0.0390. The van der Waals surface area contributed by atoms with Crippen LogP contribution in [0.3, 0.4) is 0 Å². The number of sulfonamides is 1. The van der Waals surface area contributed by atoms with Crippen LogP contribution in [0.5, 0.6) is 5.75 Å². The average molecular weight is 332 g/mol. The number of anilines is 1. The van der Waals surface area contributed by atoms with E-state index in [0.717, 1.165) is 36.9 Å². The van der Waals surface area contributed by atoms with E-state index in [9.17, 15) is 13.5 Å². The molecule has 0 aliphatic carbocycles. The first-order chi connectivity index (χ1) is 10.9. The van der Waals surface area contributed by atoms with Gasteiger partial charge in [-0.25, -0.2) is 8.42 Å². The summed E-state index contributed by atoms with van der Waals surface area (Å²) in [7, 11) is -3.44. The molecule has 0 amide bonds. The van der Waals surface area contributed by atoms with E-state index in [1.807, 2.05) is 18.2 Å². The summed E-state index contributed by atoms with van der Waals surface area (Å²) in [5.41, 5.74) is 3.48. The second-order valence-corrected chi connectivity index (χ2v) is 7.61. The molecule has 0 spiro atoms. The predicted octanol–water partition coefficient (Wildman–Crippen LogP) is 2.04. The summed E-state index contributed by atoms with van der Waals surface area (Å²) >= 11 is 0. The lowest BCUT2D eigenvalue weighted by Gasteiger charge is -2.20. The van der Waals surface area contributed by atoms with Gasteiger partial charge in [-0.15, -0.1) is 0 Å². The van der Waals surface area contributed by atoms with Crippen molar-refractivity contribution in [3.05, 3.63) is 59.2 Å². The molecule has 23 heavy (non-hydrogen) atoms. The molecule has 0 bridgehead atoms. The van der Waals surface area contributed by atoms with Crippen molar-refractivity contribution in [2.75, 3.05) is 24.1 Å². The first-order valence-electron chi connectivity index (χ1n) is 7.53. The van der Waals surface area contributed by atoms with Crippen molar-refractivity contribution >= 4 is 15.7 Å². The van der Waals surface area contributed by atoms with Crippen LogP contribution in [-0.4, -0.2) is 32.9 Å². The van der Waals surface area contributed by atoms with Crippen molar-refractivity contribution in [3.63, 3.8) is 0 Å². The minimum atomic E-state index is -3.44. The Morgan fingerprint density at radius 2 is 1.96 bits per heavy atom. The van der Waals surface area contributed by atoms with Crippen LogP contribution in [-0.2, 0) is 16.4 Å². The van der Waals surface area contributed by atoms with Crippen molar-refractivity contribution < 1.29 is 13.5 Å². The molecule has 3 rings (SSSR count). The normalized spacial score (nSPS) is 18.0. The monoisotopic (exact) mass is 332 g/mol. The fourth-order valence-electron chi connectivity index (χ4n) is 3.03. The lowest BCUT2D eigenvalue weighted by Crippen LogP contribution is -2.20. The molecule has 0 aromatic heterocycles. The fraction of sp³-hybridized carbons (Fsp3) is 0.294. The Labute approximate surface area is 136 Å². The Morgan fingerprint density at radius 1 is 1.22 bits per heavy atom. The van der Waals surface area contributed by atoms with E-state index in [2.05, 4.69) is 22.2 Å². The van der Waals surface area contributed by atoms with Gasteiger partial charge in [0.05, 0.1) is 11.9 Å². The van der Waals surface area contributed by atoms with Crippen LogP contribution in [0.4, 0.5) is 5.69 Å². The van der Waals surface area contributed by atoms with Gasteiger partial charge in [0.15, 0.2) is 0 Å². The van der Waals surface area contributed by atoms with E-state index in [-0.39, 0.29) is 17.4 Å². The molecule has 1 aliphatic rings. The number of nitrogens with one attached hydrogen (secondary N) is 2. The molecule has 0 saturated carbocycles. The van der Waals surface area contributed by atoms with Gasteiger partial charge in [-0.1, -0.05) is 30.3 Å². The molecule has 1 aliphatic heterocycles. The van der Waals surface area contributed by atoms with Crippen LogP contribution >= 0.6 is 0 Å². The number of rotatable bonds is 3. The molecular weight excluding hydrogens is 312 g/mol. The van der Waals surface area contributed by atoms with Crippen molar-refractivity contribution in [1.29, 1.82) is 0 Å². The Bertz CT molecular complexity index is 804. The summed E-state index contributed by atoms with van der Waals surface area (Å²) in [5.74, 6) is 0.0808. The van der Waals surface area contributed by atoms with Gasteiger partial charge in [0.2, 0.25) is 10.0 Å². The average Bonchev–Trinajstić information content (AvgIpc) is 2.69. The molecule has 0 fully saturated rings. The number of hydrogen-bond donors (Lipinski definition) is 3. The number of phenolic OH excluding ortho intramolecular Hbond substituents is 1. The molecule has 122 valence electrons. The summed E-state index contributed by atoms with van der Waals surface area (Å²) in [6.45, 7) is 1.61. The third-order valence-corrected chi connectivity index (χ3v) is 4.64. The van der Waals surface area contributed by atoms with Crippen LogP contribution in [0, 0.1) is 0 Å². The largest absolute Gasteiger partial charge is 0.506 e. The van der Waals surface area contributed by atoms with Crippen molar-refractivity contribution in [2.45, 2.75) is 12.3 Å². The topological polar surface area (TPSA) is 78.4 Å². The van der Waals surface area contributed by atoms with Gasteiger partial charge in [-0.2, -0.15) is 0 Å². The van der Waals surface area contributed by atoms with E-state index >= 15 is 0 Å². The van der Waals surface area contributed by atoms with Gasteiger partial charge in [0, 0.05) is 12.5 Å². The Kier molecular flexibility index (Phi) is 4.28. The zero-order valence-electron chi connectivity index (χ0n) is 12.9. The molecular formula is C17H20N2O3S. The van der Waals surface area contributed by atoms with Crippen LogP contribution in [0.1, 0.15) is 22.6 Å². The molecule has 1 unspecified atom stereocenters. The first-order valence-corrected chi connectivity index (χ1v) is 9.42. The molecule has 0 radical (unpaired) electrons. The molecule has 2 aromatic rings. The molecule has 6 heteroatoms. The summed E-state index contributed by atoms with van der Waals surface area (Å²) in [4.78, 5) is 0. The molecule has 1 atom stereocenters. The summed E-state index contributed by atoms with van der Waals surface area (Å²) in [5, 5.41) is 13.5. The zero-order valence-corrected chi connectivity index (χ0v) is 13.7. The van der Waals surface area contributed by atoms with E-state index in [1.54, 1.807) is 12.1 Å². The minimum Gasteiger partial charge on any atom is -0.506 e. The maximum Gasteiger partial charge on any atom is 0.229 e. The van der Waals surface area contributed by atoms with E-state index < -0.39 is 10.0 Å². The predicted molar refractivity (Wildman–Crippen MR) is 91.4 cm³/mol. The van der Waals surface area contributed by atoms with Gasteiger partial charge in [-0.3, -0.25) is 4.72 Å². The Hall–Kier alpha value is -2.05. The van der Waals surface area contributed by atoms with Gasteiger partial charge in [-0.05, 0) is 41.8 Å². The highest BCUT2D eigenvalue weighted by atomic mass is 32.2. The Morgan fingerprint density at radius 3 is 2.65 bits per heavy atom. The smallest absolute Gasteiger partial charge is 0.229 e. The zero-order chi connectivity index (χ0) is 16.4. The second-order valence-electron chi connectivity index (χ2n) is 5.86. The van der Waals surface area contributed by atoms with Gasteiger partial charge >= 0.3 is 0 Å². The first kappa shape index (κ1) is 15.8. The molecule has 0 saturated heterocycles. The van der Waals surface area contributed by atoms with Crippen LogP contribution in [0.2, 0.25) is 0 Å². The van der Waals surface area contributed by atoms with Crippen LogP contribution in [0.25, 0.3) is 0 Å².